The van der Waals surface area contributed by atoms with Crippen LogP contribution >= 0.6 is 11.3 Å². The Balaban J connectivity index is 2.40. The first kappa shape index (κ1) is 16.6. The molecule has 2 amide bonds. The van der Waals surface area contributed by atoms with Crippen molar-refractivity contribution >= 4 is 39.3 Å². The van der Waals surface area contributed by atoms with Crippen LogP contribution in [0.5, 0.6) is 0 Å². The van der Waals surface area contributed by atoms with E-state index in [-0.39, 0.29) is 15.8 Å². The second-order valence-corrected chi connectivity index (χ2v) is 5.92. The zero-order chi connectivity index (χ0) is 17.3. The average Bonchev–Trinajstić information content (AvgIpc) is 2.74. The van der Waals surface area contributed by atoms with Crippen molar-refractivity contribution in [1.82, 2.24) is 15.3 Å². The first-order chi connectivity index (χ1) is 10.7. The van der Waals surface area contributed by atoms with Gasteiger partial charge in [-0.1, -0.05) is 0 Å². The lowest BCUT2D eigenvalue weighted by Crippen LogP contribution is -2.43. The van der Waals surface area contributed by atoms with E-state index in [2.05, 4.69) is 15.3 Å². The number of carbonyl (C=O) groups excluding carboxylic acids is 2. The summed E-state index contributed by atoms with van der Waals surface area (Å²) in [6.45, 7) is 3.19. The molecule has 0 aliphatic heterocycles. The summed E-state index contributed by atoms with van der Waals surface area (Å²) in [5.74, 6) is -2.51. The highest BCUT2D eigenvalue weighted by atomic mass is 32.1. The Hall–Kier alpha value is -2.75. The number of thiophene rings is 1. The van der Waals surface area contributed by atoms with Gasteiger partial charge in [0.1, 0.15) is 16.7 Å². The number of rotatable bonds is 5. The number of nitrogens with one attached hydrogen (secondary N) is 2. The molecule has 122 valence electrons. The van der Waals surface area contributed by atoms with Crippen LogP contribution in [-0.2, 0) is 9.59 Å². The fourth-order valence-corrected chi connectivity index (χ4v) is 3.22. The number of aromatic nitrogens is 2. The van der Waals surface area contributed by atoms with Crippen LogP contribution in [0.4, 0.5) is 0 Å². The third-order valence-electron chi connectivity index (χ3n) is 3.13. The molecule has 0 saturated carbocycles. The van der Waals surface area contributed by atoms with Gasteiger partial charge in [0.05, 0.1) is 16.7 Å². The van der Waals surface area contributed by atoms with E-state index in [1.54, 1.807) is 13.8 Å². The Bertz CT molecular complexity index is 869. The van der Waals surface area contributed by atoms with Gasteiger partial charge in [0, 0.05) is 0 Å². The minimum atomic E-state index is -1.43. The second-order valence-electron chi connectivity index (χ2n) is 4.92. The van der Waals surface area contributed by atoms with E-state index in [9.17, 15) is 19.2 Å². The highest BCUT2D eigenvalue weighted by Gasteiger charge is 2.25. The number of aryl methyl sites for hydroxylation is 2. The van der Waals surface area contributed by atoms with Crippen molar-refractivity contribution in [2.45, 2.75) is 26.3 Å². The number of primary amides is 1. The van der Waals surface area contributed by atoms with Crippen molar-refractivity contribution < 1.29 is 19.5 Å². The molecule has 2 heterocycles. The molecule has 9 nitrogen and oxygen atoms in total. The molecule has 0 aliphatic carbocycles. The number of aliphatic carboxylic acids is 1. The quantitative estimate of drug-likeness (QED) is 0.584. The Morgan fingerprint density at radius 2 is 2.04 bits per heavy atom. The molecule has 0 aliphatic rings. The van der Waals surface area contributed by atoms with Gasteiger partial charge in [-0.25, -0.2) is 9.78 Å². The first-order valence-corrected chi connectivity index (χ1v) is 7.34. The third kappa shape index (κ3) is 3.37. The van der Waals surface area contributed by atoms with Gasteiger partial charge >= 0.3 is 5.97 Å². The number of fused-ring (bicyclic) bond motifs is 1. The largest absolute Gasteiger partial charge is 0.480 e. The van der Waals surface area contributed by atoms with Gasteiger partial charge in [-0.15, -0.1) is 11.3 Å². The number of amides is 2. The normalized spacial score (nSPS) is 12.1. The summed E-state index contributed by atoms with van der Waals surface area (Å²) < 4.78 is 0. The molecule has 5 N–H and O–H groups in total. The number of H-pyrrole nitrogens is 1. The Morgan fingerprint density at radius 3 is 2.61 bits per heavy atom. The van der Waals surface area contributed by atoms with Crippen molar-refractivity contribution in [3.63, 3.8) is 0 Å². The molecule has 0 bridgehead atoms. The molecule has 0 radical (unpaired) electrons. The second kappa shape index (κ2) is 6.16. The summed E-state index contributed by atoms with van der Waals surface area (Å²) >= 11 is 0.981. The highest BCUT2D eigenvalue weighted by Crippen LogP contribution is 2.26. The van der Waals surface area contributed by atoms with Crippen LogP contribution in [0, 0.1) is 13.8 Å². The van der Waals surface area contributed by atoms with Gasteiger partial charge in [0.15, 0.2) is 0 Å². The van der Waals surface area contributed by atoms with E-state index < -0.39 is 30.2 Å². The fraction of sp³-hybridized carbons (Fsp3) is 0.308. The van der Waals surface area contributed by atoms with Crippen molar-refractivity contribution in [3.05, 3.63) is 26.6 Å². The lowest BCUT2D eigenvalue weighted by molar-refractivity contribution is -0.140. The Labute approximate surface area is 133 Å². The number of carboxylic acid groups (broad SMARTS) is 1. The molecule has 0 fully saturated rings. The molecule has 0 spiro atoms. The summed E-state index contributed by atoms with van der Waals surface area (Å²) in [7, 11) is 0. The van der Waals surface area contributed by atoms with Crippen LogP contribution in [0.15, 0.2) is 4.79 Å². The molecule has 2 rings (SSSR count). The van der Waals surface area contributed by atoms with E-state index in [0.29, 0.717) is 16.2 Å². The van der Waals surface area contributed by atoms with Crippen LogP contribution in [0.1, 0.15) is 27.5 Å². The van der Waals surface area contributed by atoms with Crippen LogP contribution in [0.3, 0.4) is 0 Å². The molecule has 23 heavy (non-hydrogen) atoms. The van der Waals surface area contributed by atoms with Crippen molar-refractivity contribution in [3.8, 4) is 0 Å². The fourth-order valence-electron chi connectivity index (χ4n) is 2.09. The number of nitrogens with zero attached hydrogens (tertiary/aromatic N) is 1. The highest BCUT2D eigenvalue weighted by molar-refractivity contribution is 7.20. The Morgan fingerprint density at radius 1 is 1.39 bits per heavy atom. The average molecular weight is 338 g/mol. The third-order valence-corrected chi connectivity index (χ3v) is 4.32. The standard InChI is InChI=1S/C13H14N4O5S/c1-4-8-10(19)15-5(2)16-12(8)23-9(4)11(20)17-6(13(21)22)3-7(14)18/h6H,3H2,1-2H3,(H2,14,18)(H,17,20)(H,21,22)(H,15,16,19). The van der Waals surface area contributed by atoms with Gasteiger partial charge in [-0.05, 0) is 19.4 Å². The molecule has 0 aromatic carbocycles. The van der Waals surface area contributed by atoms with E-state index in [4.69, 9.17) is 10.8 Å². The Kier molecular flexibility index (Phi) is 4.45. The maximum Gasteiger partial charge on any atom is 0.326 e. The van der Waals surface area contributed by atoms with Gasteiger partial charge in [-0.3, -0.25) is 14.4 Å². The maximum absolute atomic E-state index is 12.3. The number of aromatic amines is 1. The van der Waals surface area contributed by atoms with Crippen LogP contribution in [0.2, 0.25) is 0 Å². The zero-order valence-electron chi connectivity index (χ0n) is 12.3. The molecule has 1 unspecified atom stereocenters. The first-order valence-electron chi connectivity index (χ1n) is 6.52. The van der Waals surface area contributed by atoms with E-state index in [1.165, 1.54) is 0 Å². The van der Waals surface area contributed by atoms with Gasteiger partial charge < -0.3 is 21.1 Å². The van der Waals surface area contributed by atoms with Crippen molar-refractivity contribution in [1.29, 1.82) is 0 Å². The minimum Gasteiger partial charge on any atom is -0.480 e. The molecule has 1 atom stereocenters. The summed E-state index contributed by atoms with van der Waals surface area (Å²) in [6, 6.07) is -1.43. The number of carboxylic acids is 1. The lowest BCUT2D eigenvalue weighted by atomic mass is 10.1. The molecular weight excluding hydrogens is 324 g/mol. The zero-order valence-corrected chi connectivity index (χ0v) is 13.1. The molecule has 0 saturated heterocycles. The summed E-state index contributed by atoms with van der Waals surface area (Å²) in [4.78, 5) is 53.4. The van der Waals surface area contributed by atoms with Gasteiger partial charge in [0.25, 0.3) is 11.5 Å². The van der Waals surface area contributed by atoms with Gasteiger partial charge in [0.2, 0.25) is 5.91 Å². The molecule has 2 aromatic rings. The maximum atomic E-state index is 12.3. The van der Waals surface area contributed by atoms with Crippen LogP contribution in [-0.4, -0.2) is 38.9 Å². The SMILES string of the molecule is Cc1nc2sc(C(=O)NC(CC(N)=O)C(=O)O)c(C)c2c(=O)[nH]1. The molecule has 10 heteroatoms. The molecular formula is C13H14N4O5S. The van der Waals surface area contributed by atoms with E-state index >= 15 is 0 Å². The van der Waals surface area contributed by atoms with E-state index in [0.717, 1.165) is 11.3 Å². The number of nitrogens with two attached hydrogens (primary N) is 1. The number of hydrogen-bond donors (Lipinski definition) is 4. The minimum absolute atomic E-state index is 0.166. The monoisotopic (exact) mass is 338 g/mol. The molecule has 2 aromatic heterocycles. The predicted octanol–water partition coefficient (Wildman–Crippen LogP) is -0.340. The van der Waals surface area contributed by atoms with E-state index in [1.807, 2.05) is 0 Å². The van der Waals surface area contributed by atoms with Crippen LogP contribution in [0.25, 0.3) is 10.2 Å². The smallest absolute Gasteiger partial charge is 0.326 e. The van der Waals surface area contributed by atoms with Crippen molar-refractivity contribution in [2.24, 2.45) is 5.73 Å². The number of carbonyl (C=O) groups is 3. The van der Waals surface area contributed by atoms with Crippen LogP contribution < -0.4 is 16.6 Å². The van der Waals surface area contributed by atoms with Gasteiger partial charge in [-0.2, -0.15) is 0 Å². The summed E-state index contributed by atoms with van der Waals surface area (Å²) in [5.41, 5.74) is 5.00. The lowest BCUT2D eigenvalue weighted by Gasteiger charge is -2.12. The van der Waals surface area contributed by atoms with Crippen molar-refractivity contribution in [2.75, 3.05) is 0 Å². The topological polar surface area (TPSA) is 155 Å². The summed E-state index contributed by atoms with van der Waals surface area (Å²) in [6.07, 6.45) is -0.525. The number of hydrogen-bond acceptors (Lipinski definition) is 6. The predicted molar refractivity (Wildman–Crippen MR) is 82.4 cm³/mol. The summed E-state index contributed by atoms with van der Waals surface area (Å²) in [5, 5.41) is 11.5.